The van der Waals surface area contributed by atoms with Gasteiger partial charge in [-0.2, -0.15) is 0 Å². The minimum Gasteiger partial charge on any atom is -0.383 e. The minimum absolute atomic E-state index is 0.248. The van der Waals surface area contributed by atoms with E-state index in [4.69, 9.17) is 0 Å². The number of nitrogens with zero attached hydrogens (tertiary/aromatic N) is 3. The summed E-state index contributed by atoms with van der Waals surface area (Å²) in [7, 11) is 0. The Labute approximate surface area is 127 Å². The summed E-state index contributed by atoms with van der Waals surface area (Å²) in [6.45, 7) is 6.08. The number of aliphatic hydroxyl groups is 1. The molecular formula is C16H17N3OS. The van der Waals surface area contributed by atoms with Crippen molar-refractivity contribution >= 4 is 22.4 Å². The van der Waals surface area contributed by atoms with Crippen molar-refractivity contribution in [1.82, 2.24) is 14.6 Å². The van der Waals surface area contributed by atoms with Crippen LogP contribution in [0.5, 0.6) is 0 Å². The summed E-state index contributed by atoms with van der Waals surface area (Å²) in [4.78, 5) is 5.30. The summed E-state index contributed by atoms with van der Waals surface area (Å²) in [5, 5.41) is 15.8. The van der Waals surface area contributed by atoms with Crippen LogP contribution in [0, 0.1) is 6.92 Å². The van der Waals surface area contributed by atoms with Crippen molar-refractivity contribution in [2.24, 2.45) is 0 Å². The summed E-state index contributed by atoms with van der Waals surface area (Å²) in [6, 6.07) is 9.86. The number of fused-ring (bicyclic) bond motifs is 1. The van der Waals surface area contributed by atoms with Crippen LogP contribution in [0.3, 0.4) is 0 Å². The first-order chi connectivity index (χ1) is 10.1. The Balaban J connectivity index is 2.03. The fourth-order valence-corrected chi connectivity index (χ4v) is 3.18. The number of aryl methyl sites for hydroxylation is 1. The van der Waals surface area contributed by atoms with E-state index in [1.807, 2.05) is 37.3 Å². The molecule has 0 bridgehead atoms. The fraction of sp³-hybridized carbons (Fsp3) is 0.312. The zero-order chi connectivity index (χ0) is 15.0. The van der Waals surface area contributed by atoms with Crippen molar-refractivity contribution in [1.29, 1.82) is 0 Å². The molecule has 0 saturated carbocycles. The van der Waals surface area contributed by atoms with Crippen molar-refractivity contribution in [2.75, 3.05) is 0 Å². The van der Waals surface area contributed by atoms with Crippen LogP contribution in [0.4, 0.5) is 0 Å². The van der Waals surface area contributed by atoms with E-state index in [1.165, 1.54) is 11.5 Å². The fourth-order valence-electron chi connectivity index (χ4n) is 2.36. The molecule has 5 heteroatoms. The lowest BCUT2D eigenvalue weighted by Gasteiger charge is -2.12. The normalized spacial score (nSPS) is 13.0. The van der Waals surface area contributed by atoms with Crippen molar-refractivity contribution < 1.29 is 5.11 Å². The highest BCUT2D eigenvalue weighted by molar-refractivity contribution is 7.05. The summed E-state index contributed by atoms with van der Waals surface area (Å²) in [5.41, 5.74) is 3.65. The molecule has 3 aromatic rings. The third kappa shape index (κ3) is 2.66. The molecule has 108 valence electrons. The van der Waals surface area contributed by atoms with Gasteiger partial charge in [0.15, 0.2) is 0 Å². The third-order valence-electron chi connectivity index (χ3n) is 3.50. The first-order valence-electron chi connectivity index (χ1n) is 6.94. The molecular weight excluding hydrogens is 282 g/mol. The zero-order valence-electron chi connectivity index (χ0n) is 12.2. The van der Waals surface area contributed by atoms with Crippen molar-refractivity contribution in [3.05, 3.63) is 52.2 Å². The molecule has 1 atom stereocenters. The van der Waals surface area contributed by atoms with Crippen LogP contribution in [0.2, 0.25) is 0 Å². The van der Waals surface area contributed by atoms with E-state index in [2.05, 4.69) is 28.4 Å². The number of benzene rings is 1. The van der Waals surface area contributed by atoms with Gasteiger partial charge < -0.3 is 5.11 Å². The van der Waals surface area contributed by atoms with Crippen molar-refractivity contribution in [3.63, 3.8) is 0 Å². The summed E-state index contributed by atoms with van der Waals surface area (Å²) < 4.78 is 3.98. The van der Waals surface area contributed by atoms with Gasteiger partial charge in [0.2, 0.25) is 0 Å². The monoisotopic (exact) mass is 299 g/mol. The topological polar surface area (TPSA) is 58.9 Å². The highest BCUT2D eigenvalue weighted by Gasteiger charge is 2.20. The van der Waals surface area contributed by atoms with E-state index in [0.717, 1.165) is 32.7 Å². The SMILES string of the molecule is Cc1ccc2cc(C(O)c3snnc3C(C)C)ccc2n1. The van der Waals surface area contributed by atoms with Gasteiger partial charge in [0, 0.05) is 11.1 Å². The maximum Gasteiger partial charge on any atom is 0.117 e. The van der Waals surface area contributed by atoms with Crippen LogP contribution in [0.15, 0.2) is 30.3 Å². The maximum atomic E-state index is 10.6. The number of aromatic nitrogens is 3. The number of hydrogen-bond acceptors (Lipinski definition) is 5. The largest absolute Gasteiger partial charge is 0.383 e. The van der Waals surface area contributed by atoms with E-state index >= 15 is 0 Å². The van der Waals surface area contributed by atoms with Crippen LogP contribution in [0.1, 0.15) is 47.7 Å². The number of hydrogen-bond donors (Lipinski definition) is 1. The van der Waals surface area contributed by atoms with Crippen LogP contribution in [-0.2, 0) is 0 Å². The molecule has 1 unspecified atom stereocenters. The van der Waals surface area contributed by atoms with Gasteiger partial charge >= 0.3 is 0 Å². The van der Waals surface area contributed by atoms with Crippen LogP contribution in [-0.4, -0.2) is 19.7 Å². The standard InChI is InChI=1S/C16H17N3OS/c1-9(2)14-16(21-19-18-14)15(20)12-6-7-13-11(8-12)5-4-10(3)17-13/h4-9,15,20H,1-3H3. The van der Waals surface area contributed by atoms with E-state index in [9.17, 15) is 5.11 Å². The first-order valence-corrected chi connectivity index (χ1v) is 7.71. The molecule has 0 spiro atoms. The highest BCUT2D eigenvalue weighted by Crippen LogP contribution is 2.31. The van der Waals surface area contributed by atoms with Gasteiger partial charge in [0.1, 0.15) is 6.10 Å². The smallest absolute Gasteiger partial charge is 0.117 e. The Bertz CT molecular complexity index is 782. The van der Waals surface area contributed by atoms with Gasteiger partial charge in [-0.05, 0) is 48.1 Å². The number of pyridine rings is 1. The summed E-state index contributed by atoms with van der Waals surface area (Å²) >= 11 is 1.26. The van der Waals surface area contributed by atoms with E-state index in [0.29, 0.717) is 0 Å². The number of rotatable bonds is 3. The Kier molecular flexibility index (Phi) is 3.69. The number of aliphatic hydroxyl groups excluding tert-OH is 1. The predicted octanol–water partition coefficient (Wildman–Crippen LogP) is 3.60. The lowest BCUT2D eigenvalue weighted by molar-refractivity contribution is 0.222. The second-order valence-electron chi connectivity index (χ2n) is 5.48. The summed E-state index contributed by atoms with van der Waals surface area (Å²) in [6.07, 6.45) is -0.687. The van der Waals surface area contributed by atoms with Gasteiger partial charge in [0.05, 0.1) is 16.1 Å². The van der Waals surface area contributed by atoms with E-state index < -0.39 is 6.10 Å². The van der Waals surface area contributed by atoms with E-state index in [-0.39, 0.29) is 5.92 Å². The van der Waals surface area contributed by atoms with E-state index in [1.54, 1.807) is 0 Å². The molecule has 21 heavy (non-hydrogen) atoms. The third-order valence-corrected chi connectivity index (χ3v) is 4.30. The lowest BCUT2D eigenvalue weighted by Crippen LogP contribution is -2.02. The molecule has 0 saturated heterocycles. The van der Waals surface area contributed by atoms with Crippen LogP contribution < -0.4 is 0 Å². The van der Waals surface area contributed by atoms with Gasteiger partial charge in [-0.15, -0.1) is 5.10 Å². The molecule has 0 aliphatic rings. The molecule has 1 aromatic carbocycles. The quantitative estimate of drug-likeness (QED) is 0.802. The average molecular weight is 299 g/mol. The Morgan fingerprint density at radius 3 is 2.71 bits per heavy atom. The van der Waals surface area contributed by atoms with Gasteiger partial charge in [-0.1, -0.05) is 30.5 Å². The molecule has 0 fully saturated rings. The Hall–Kier alpha value is -1.85. The predicted molar refractivity (Wildman–Crippen MR) is 84.5 cm³/mol. The Morgan fingerprint density at radius 1 is 1.14 bits per heavy atom. The molecule has 4 nitrogen and oxygen atoms in total. The molecule has 3 rings (SSSR count). The molecule has 0 amide bonds. The van der Waals surface area contributed by atoms with Crippen LogP contribution in [0.25, 0.3) is 10.9 Å². The zero-order valence-corrected chi connectivity index (χ0v) is 13.1. The lowest BCUT2D eigenvalue weighted by atomic mass is 10.0. The van der Waals surface area contributed by atoms with Gasteiger partial charge in [-0.3, -0.25) is 4.98 Å². The first kappa shape index (κ1) is 14.1. The van der Waals surface area contributed by atoms with Gasteiger partial charge in [-0.25, -0.2) is 0 Å². The molecule has 1 N–H and O–H groups in total. The molecule has 0 aliphatic heterocycles. The molecule has 2 aromatic heterocycles. The maximum absolute atomic E-state index is 10.6. The van der Waals surface area contributed by atoms with Crippen molar-refractivity contribution in [3.8, 4) is 0 Å². The second kappa shape index (κ2) is 5.50. The Morgan fingerprint density at radius 2 is 1.95 bits per heavy atom. The second-order valence-corrected chi connectivity index (χ2v) is 6.27. The van der Waals surface area contributed by atoms with Crippen LogP contribution >= 0.6 is 11.5 Å². The summed E-state index contributed by atoms with van der Waals surface area (Å²) in [5.74, 6) is 0.248. The molecule has 2 heterocycles. The average Bonchev–Trinajstić information content (AvgIpc) is 2.95. The minimum atomic E-state index is -0.687. The molecule has 0 aliphatic carbocycles. The molecule has 0 radical (unpaired) electrons. The highest BCUT2D eigenvalue weighted by atomic mass is 32.1. The van der Waals surface area contributed by atoms with Gasteiger partial charge in [0.25, 0.3) is 0 Å². The van der Waals surface area contributed by atoms with Crippen molar-refractivity contribution in [2.45, 2.75) is 32.8 Å².